The second-order valence-electron chi connectivity index (χ2n) is 8.05. The zero-order chi connectivity index (χ0) is 19.2. The van der Waals surface area contributed by atoms with Crippen LogP contribution >= 0.6 is 0 Å². The smallest absolute Gasteiger partial charge is 0.225 e. The van der Waals surface area contributed by atoms with Gasteiger partial charge in [0.25, 0.3) is 0 Å². The molecule has 0 bridgehead atoms. The van der Waals surface area contributed by atoms with Crippen molar-refractivity contribution >= 4 is 26.5 Å². The summed E-state index contributed by atoms with van der Waals surface area (Å²) in [6.07, 6.45) is 0. The Morgan fingerprint density at radius 3 is 2.48 bits per heavy atom. The Labute approximate surface area is 160 Å². The molecule has 2 heterocycles. The number of piperazine rings is 1. The Morgan fingerprint density at radius 1 is 1.04 bits per heavy atom. The molecule has 0 saturated carbocycles. The van der Waals surface area contributed by atoms with E-state index in [0.29, 0.717) is 19.6 Å². The topological polar surface area (TPSA) is 57.7 Å². The molecule has 2 aromatic rings. The summed E-state index contributed by atoms with van der Waals surface area (Å²) in [6, 6.07) is 14.3. The molecule has 6 heteroatoms. The van der Waals surface area contributed by atoms with Gasteiger partial charge >= 0.3 is 0 Å². The minimum Gasteiger partial charge on any atom is -0.336 e. The van der Waals surface area contributed by atoms with Gasteiger partial charge in [-0.25, -0.2) is 8.42 Å². The average molecular weight is 387 g/mol. The lowest BCUT2D eigenvalue weighted by Crippen LogP contribution is -2.60. The quantitative estimate of drug-likeness (QED) is 0.812. The number of hydrogen-bond donors (Lipinski definition) is 0. The first-order chi connectivity index (χ1) is 12.8. The maximum atomic E-state index is 12.6. The van der Waals surface area contributed by atoms with Crippen molar-refractivity contribution < 1.29 is 13.2 Å². The molecule has 4 rings (SSSR count). The van der Waals surface area contributed by atoms with Crippen molar-refractivity contribution in [1.29, 1.82) is 0 Å². The van der Waals surface area contributed by atoms with Gasteiger partial charge in [-0.15, -0.1) is 0 Å². The van der Waals surface area contributed by atoms with Crippen molar-refractivity contribution in [3.63, 3.8) is 0 Å². The van der Waals surface area contributed by atoms with Gasteiger partial charge in [0.1, 0.15) is 0 Å². The Balaban J connectivity index is 1.59. The number of rotatable bonds is 3. The van der Waals surface area contributed by atoms with Crippen molar-refractivity contribution in [3.05, 3.63) is 48.0 Å². The lowest BCUT2D eigenvalue weighted by atomic mass is 10.0. The fourth-order valence-corrected chi connectivity index (χ4v) is 6.41. The third-order valence-electron chi connectivity index (χ3n) is 5.77. The van der Waals surface area contributed by atoms with Gasteiger partial charge in [-0.05, 0) is 22.4 Å². The van der Waals surface area contributed by atoms with Crippen molar-refractivity contribution in [1.82, 2.24) is 9.80 Å². The second kappa shape index (κ2) is 6.91. The molecule has 2 aromatic carbocycles. The molecule has 2 atom stereocenters. The van der Waals surface area contributed by atoms with Gasteiger partial charge in [0.15, 0.2) is 9.84 Å². The lowest BCUT2D eigenvalue weighted by Gasteiger charge is -2.44. The molecule has 27 heavy (non-hydrogen) atoms. The van der Waals surface area contributed by atoms with Crippen LogP contribution in [0.1, 0.15) is 19.4 Å². The van der Waals surface area contributed by atoms with E-state index < -0.39 is 9.84 Å². The third kappa shape index (κ3) is 3.60. The molecule has 0 aliphatic carbocycles. The van der Waals surface area contributed by atoms with Gasteiger partial charge in [-0.3, -0.25) is 9.69 Å². The second-order valence-corrected chi connectivity index (χ2v) is 10.2. The highest BCUT2D eigenvalue weighted by atomic mass is 32.2. The Hall–Kier alpha value is -1.92. The lowest BCUT2D eigenvalue weighted by molar-refractivity contribution is -0.140. The molecule has 0 aromatic heterocycles. The van der Waals surface area contributed by atoms with E-state index in [1.807, 2.05) is 30.9 Å². The molecule has 0 N–H and O–H groups in total. The monoisotopic (exact) mass is 386 g/mol. The summed E-state index contributed by atoms with van der Waals surface area (Å²) >= 11 is 0. The Morgan fingerprint density at radius 2 is 1.74 bits per heavy atom. The summed E-state index contributed by atoms with van der Waals surface area (Å²) in [6.45, 7) is 5.78. The summed E-state index contributed by atoms with van der Waals surface area (Å²) in [5, 5.41) is 2.40. The predicted molar refractivity (Wildman–Crippen MR) is 107 cm³/mol. The number of fused-ring (bicyclic) bond motifs is 2. The highest BCUT2D eigenvalue weighted by Crippen LogP contribution is 2.29. The highest BCUT2D eigenvalue weighted by molar-refractivity contribution is 7.91. The van der Waals surface area contributed by atoms with Crippen LogP contribution in [0.3, 0.4) is 0 Å². The van der Waals surface area contributed by atoms with Crippen LogP contribution < -0.4 is 0 Å². The maximum Gasteiger partial charge on any atom is 0.225 e. The molecule has 0 spiro atoms. The van der Waals surface area contributed by atoms with E-state index in [2.05, 4.69) is 35.2 Å². The van der Waals surface area contributed by atoms with Gasteiger partial charge in [-0.1, -0.05) is 50.2 Å². The Kier molecular flexibility index (Phi) is 4.72. The van der Waals surface area contributed by atoms with Crippen LogP contribution in [0.5, 0.6) is 0 Å². The van der Waals surface area contributed by atoms with E-state index in [-0.39, 0.29) is 35.4 Å². The molecule has 1 amide bonds. The highest BCUT2D eigenvalue weighted by Gasteiger charge is 2.48. The van der Waals surface area contributed by atoms with Gasteiger partial charge < -0.3 is 4.90 Å². The molecule has 5 nitrogen and oxygen atoms in total. The number of nitrogens with zero attached hydrogens (tertiary/aromatic N) is 2. The van der Waals surface area contributed by atoms with Crippen LogP contribution in [0.25, 0.3) is 10.8 Å². The first kappa shape index (κ1) is 18.4. The van der Waals surface area contributed by atoms with Gasteiger partial charge in [0, 0.05) is 31.6 Å². The molecule has 144 valence electrons. The van der Waals surface area contributed by atoms with E-state index >= 15 is 0 Å². The molecule has 2 unspecified atom stereocenters. The average Bonchev–Trinajstić information content (AvgIpc) is 2.96. The molecular weight excluding hydrogens is 360 g/mol. The molecule has 2 saturated heterocycles. The van der Waals surface area contributed by atoms with Crippen molar-refractivity contribution in [3.8, 4) is 0 Å². The van der Waals surface area contributed by atoms with Crippen LogP contribution in [0, 0.1) is 5.92 Å². The molecule has 0 radical (unpaired) electrons. The largest absolute Gasteiger partial charge is 0.336 e. The summed E-state index contributed by atoms with van der Waals surface area (Å²) in [5.74, 6) is 0.186. The maximum absolute atomic E-state index is 12.6. The van der Waals surface area contributed by atoms with Crippen LogP contribution in [-0.4, -0.2) is 60.8 Å². The third-order valence-corrected chi connectivity index (χ3v) is 7.47. The molecule has 2 aliphatic heterocycles. The standard InChI is InChI=1S/C21H26N2O3S/c1-15(2)21(24)23-10-9-22(19-13-27(25,26)14-20(19)23)12-16-7-8-17-5-3-4-6-18(17)11-16/h3-8,11,15,19-20H,9-10,12-14H2,1-2H3. The van der Waals surface area contributed by atoms with E-state index in [0.717, 1.165) is 0 Å². The number of carbonyl (C=O) groups is 1. The number of hydrogen-bond acceptors (Lipinski definition) is 4. The number of sulfone groups is 1. The zero-order valence-electron chi connectivity index (χ0n) is 15.8. The normalized spacial score (nSPS) is 25.1. The van der Waals surface area contributed by atoms with Gasteiger partial charge in [0.2, 0.25) is 5.91 Å². The Bertz CT molecular complexity index is 970. The van der Waals surface area contributed by atoms with E-state index in [4.69, 9.17) is 0 Å². The van der Waals surface area contributed by atoms with Gasteiger partial charge in [0.05, 0.1) is 17.5 Å². The fraction of sp³-hybridized carbons (Fsp3) is 0.476. The SMILES string of the molecule is CC(C)C(=O)N1CCN(Cc2ccc3ccccc3c2)C2CS(=O)(=O)CC21. The van der Waals surface area contributed by atoms with Crippen molar-refractivity contribution in [2.75, 3.05) is 24.6 Å². The molecule has 2 fully saturated rings. The van der Waals surface area contributed by atoms with Gasteiger partial charge in [-0.2, -0.15) is 0 Å². The number of carbonyl (C=O) groups excluding carboxylic acids is 1. The van der Waals surface area contributed by atoms with Crippen LogP contribution in [-0.2, 0) is 21.2 Å². The predicted octanol–water partition coefficient (Wildman–Crippen LogP) is 2.31. The summed E-state index contributed by atoms with van der Waals surface area (Å²) in [7, 11) is -3.12. The zero-order valence-corrected chi connectivity index (χ0v) is 16.7. The minimum atomic E-state index is -3.12. The van der Waals surface area contributed by atoms with E-state index in [1.54, 1.807) is 0 Å². The minimum absolute atomic E-state index is 0.0625. The van der Waals surface area contributed by atoms with E-state index in [1.165, 1.54) is 16.3 Å². The summed E-state index contributed by atoms with van der Waals surface area (Å²) in [4.78, 5) is 16.6. The van der Waals surface area contributed by atoms with Crippen LogP contribution in [0.15, 0.2) is 42.5 Å². The van der Waals surface area contributed by atoms with Crippen molar-refractivity contribution in [2.45, 2.75) is 32.5 Å². The number of amides is 1. The van der Waals surface area contributed by atoms with Crippen LogP contribution in [0.4, 0.5) is 0 Å². The molecular formula is C21H26N2O3S. The first-order valence-electron chi connectivity index (χ1n) is 9.57. The van der Waals surface area contributed by atoms with Crippen molar-refractivity contribution in [2.24, 2.45) is 5.92 Å². The summed E-state index contributed by atoms with van der Waals surface area (Å²) < 4.78 is 24.7. The first-order valence-corrected chi connectivity index (χ1v) is 11.4. The summed E-state index contributed by atoms with van der Waals surface area (Å²) in [5.41, 5.74) is 1.18. The fourth-order valence-electron chi connectivity index (χ4n) is 4.40. The molecule has 2 aliphatic rings. The van der Waals surface area contributed by atoms with Crippen LogP contribution in [0.2, 0.25) is 0 Å². The van der Waals surface area contributed by atoms with E-state index in [9.17, 15) is 13.2 Å². The number of benzene rings is 2.